The smallest absolute Gasteiger partial charge is 0.416 e. The maximum absolute atomic E-state index is 12.7. The molecule has 1 heterocycles. The molecule has 134 valence electrons. The van der Waals surface area contributed by atoms with E-state index in [4.69, 9.17) is 9.47 Å². The van der Waals surface area contributed by atoms with Gasteiger partial charge in [0.2, 0.25) is 0 Å². The zero-order chi connectivity index (χ0) is 17.9. The van der Waals surface area contributed by atoms with Gasteiger partial charge in [0.05, 0.1) is 12.2 Å². The molecule has 1 aliphatic rings. The Kier molecular flexibility index (Phi) is 5.30. The minimum absolute atomic E-state index is 0.191. The number of benzene rings is 2. The molecule has 0 aromatic heterocycles. The minimum Gasteiger partial charge on any atom is -0.483 e. The van der Waals surface area contributed by atoms with Crippen molar-refractivity contribution in [2.75, 3.05) is 26.7 Å². The van der Waals surface area contributed by atoms with E-state index in [1.54, 1.807) is 0 Å². The van der Waals surface area contributed by atoms with Crippen LogP contribution in [0.15, 0.2) is 54.6 Å². The summed E-state index contributed by atoms with van der Waals surface area (Å²) in [5.41, 5.74) is 0.243. The van der Waals surface area contributed by atoms with Crippen LogP contribution in [0.3, 0.4) is 0 Å². The first-order valence-electron chi connectivity index (χ1n) is 8.12. The molecule has 3 rings (SSSR count). The molecule has 0 saturated carbocycles. The van der Waals surface area contributed by atoms with Gasteiger partial charge in [-0.15, -0.1) is 0 Å². The van der Waals surface area contributed by atoms with Crippen LogP contribution in [-0.4, -0.2) is 37.7 Å². The van der Waals surface area contributed by atoms with Crippen molar-refractivity contribution in [2.45, 2.75) is 18.4 Å². The number of rotatable bonds is 4. The van der Waals surface area contributed by atoms with Crippen LogP contribution in [0, 0.1) is 0 Å². The highest BCUT2D eigenvalue weighted by atomic mass is 19.4. The highest BCUT2D eigenvalue weighted by Crippen LogP contribution is 2.32. The van der Waals surface area contributed by atoms with E-state index in [9.17, 15) is 13.2 Å². The van der Waals surface area contributed by atoms with Gasteiger partial charge < -0.3 is 14.4 Å². The molecule has 0 spiro atoms. The largest absolute Gasteiger partial charge is 0.483 e. The molecule has 0 amide bonds. The molecule has 2 aromatic rings. The topological polar surface area (TPSA) is 21.7 Å². The summed E-state index contributed by atoms with van der Waals surface area (Å²) in [6.07, 6.45) is -4.93. The van der Waals surface area contributed by atoms with E-state index in [0.29, 0.717) is 18.9 Å². The van der Waals surface area contributed by atoms with Crippen molar-refractivity contribution in [3.63, 3.8) is 0 Å². The molecule has 0 aliphatic carbocycles. The van der Waals surface area contributed by atoms with E-state index in [2.05, 4.69) is 4.90 Å². The highest BCUT2D eigenvalue weighted by Gasteiger charge is 2.32. The summed E-state index contributed by atoms with van der Waals surface area (Å²) < 4.78 is 50.0. The predicted molar refractivity (Wildman–Crippen MR) is 88.5 cm³/mol. The predicted octanol–water partition coefficient (Wildman–Crippen LogP) is 4.16. The summed E-state index contributed by atoms with van der Waals surface area (Å²) in [5.74, 6) is 0.388. The summed E-state index contributed by atoms with van der Waals surface area (Å²) in [6.45, 7) is 2.14. The van der Waals surface area contributed by atoms with Crippen LogP contribution in [0.4, 0.5) is 13.2 Å². The lowest BCUT2D eigenvalue weighted by Gasteiger charge is -2.35. The molecule has 2 aromatic carbocycles. The normalized spacial score (nSPS) is 20.2. The fraction of sp³-hybridized carbons (Fsp3) is 0.368. The van der Waals surface area contributed by atoms with Gasteiger partial charge in [0.1, 0.15) is 11.9 Å². The van der Waals surface area contributed by atoms with E-state index in [0.717, 1.165) is 24.2 Å². The van der Waals surface area contributed by atoms with E-state index < -0.39 is 11.7 Å². The van der Waals surface area contributed by atoms with E-state index >= 15 is 0 Å². The van der Waals surface area contributed by atoms with Crippen LogP contribution in [0.2, 0.25) is 0 Å². The molecular weight excluding hydrogens is 331 g/mol. The fourth-order valence-corrected chi connectivity index (χ4v) is 2.86. The van der Waals surface area contributed by atoms with E-state index in [1.165, 1.54) is 12.1 Å². The van der Waals surface area contributed by atoms with Gasteiger partial charge in [-0.2, -0.15) is 13.2 Å². The zero-order valence-electron chi connectivity index (χ0n) is 13.9. The summed E-state index contributed by atoms with van der Waals surface area (Å²) >= 11 is 0. The Morgan fingerprint density at radius 3 is 2.36 bits per heavy atom. The molecule has 3 nitrogen and oxygen atoms in total. The Morgan fingerprint density at radius 2 is 1.76 bits per heavy atom. The molecule has 1 aliphatic heterocycles. The molecule has 0 bridgehead atoms. The maximum atomic E-state index is 12.7. The number of alkyl halides is 3. The summed E-state index contributed by atoms with van der Waals surface area (Å²) in [7, 11) is 2.01. The van der Waals surface area contributed by atoms with Crippen LogP contribution >= 0.6 is 0 Å². The zero-order valence-corrected chi connectivity index (χ0v) is 13.9. The summed E-state index contributed by atoms with van der Waals surface area (Å²) in [6, 6.07) is 14.4. The minimum atomic E-state index is -4.35. The second kappa shape index (κ2) is 7.45. The molecule has 2 atom stereocenters. The lowest BCUT2D eigenvalue weighted by atomic mass is 10.0. The van der Waals surface area contributed by atoms with Crippen LogP contribution in [-0.2, 0) is 10.9 Å². The third kappa shape index (κ3) is 4.52. The molecule has 2 unspecified atom stereocenters. The monoisotopic (exact) mass is 351 g/mol. The number of halogens is 3. The Labute approximate surface area is 145 Å². The fourth-order valence-electron chi connectivity index (χ4n) is 2.86. The van der Waals surface area contributed by atoms with E-state index in [1.807, 2.05) is 37.4 Å². The van der Waals surface area contributed by atoms with Gasteiger partial charge in [0.15, 0.2) is 6.10 Å². The van der Waals surface area contributed by atoms with Crippen LogP contribution in [0.5, 0.6) is 5.75 Å². The number of morpholine rings is 1. The third-order valence-electron chi connectivity index (χ3n) is 4.21. The van der Waals surface area contributed by atoms with Crippen molar-refractivity contribution in [3.8, 4) is 5.75 Å². The molecule has 0 N–H and O–H groups in total. The first kappa shape index (κ1) is 17.8. The number of ether oxygens (including phenoxy) is 2. The number of nitrogens with zero attached hydrogens (tertiary/aromatic N) is 1. The van der Waals surface area contributed by atoms with Crippen molar-refractivity contribution < 1.29 is 22.6 Å². The number of hydrogen-bond donors (Lipinski definition) is 0. The second-order valence-electron chi connectivity index (χ2n) is 6.14. The van der Waals surface area contributed by atoms with Gasteiger partial charge in [-0.25, -0.2) is 0 Å². The van der Waals surface area contributed by atoms with Gasteiger partial charge in [-0.3, -0.25) is 0 Å². The van der Waals surface area contributed by atoms with Crippen LogP contribution in [0.1, 0.15) is 17.2 Å². The first-order valence-corrected chi connectivity index (χ1v) is 8.12. The Morgan fingerprint density at radius 1 is 1.08 bits per heavy atom. The average Bonchev–Trinajstić information content (AvgIpc) is 2.60. The Balaban J connectivity index is 1.82. The SMILES string of the molecule is CN1CCOC(C(Oc2ccc(C(F)(F)F)cc2)c2ccccc2)C1. The van der Waals surface area contributed by atoms with Crippen molar-refractivity contribution in [3.05, 3.63) is 65.7 Å². The Hall–Kier alpha value is -2.05. The maximum Gasteiger partial charge on any atom is 0.416 e. The average molecular weight is 351 g/mol. The lowest BCUT2D eigenvalue weighted by Crippen LogP contribution is -2.44. The summed E-state index contributed by atoms with van der Waals surface area (Å²) in [4.78, 5) is 2.15. The standard InChI is InChI=1S/C19H20F3NO2/c1-23-11-12-24-17(13-23)18(14-5-3-2-4-6-14)25-16-9-7-15(8-10-16)19(20,21)22/h2-10,17-18H,11-13H2,1H3. The Bertz CT molecular complexity index is 673. The molecule has 1 saturated heterocycles. The molecule has 25 heavy (non-hydrogen) atoms. The van der Waals surface area contributed by atoms with Gasteiger partial charge >= 0.3 is 6.18 Å². The van der Waals surface area contributed by atoms with Crippen LogP contribution < -0.4 is 4.74 Å². The highest BCUT2D eigenvalue weighted by molar-refractivity contribution is 5.30. The van der Waals surface area contributed by atoms with Crippen molar-refractivity contribution in [2.24, 2.45) is 0 Å². The third-order valence-corrected chi connectivity index (χ3v) is 4.21. The van der Waals surface area contributed by atoms with E-state index in [-0.39, 0.29) is 12.2 Å². The van der Waals surface area contributed by atoms with Crippen molar-refractivity contribution in [1.82, 2.24) is 4.90 Å². The first-order chi connectivity index (χ1) is 11.9. The molecule has 1 fully saturated rings. The van der Waals surface area contributed by atoms with Crippen molar-refractivity contribution >= 4 is 0 Å². The number of hydrogen-bond acceptors (Lipinski definition) is 3. The van der Waals surface area contributed by atoms with Crippen molar-refractivity contribution in [1.29, 1.82) is 0 Å². The van der Waals surface area contributed by atoms with Gasteiger partial charge in [-0.1, -0.05) is 30.3 Å². The summed E-state index contributed by atoms with van der Waals surface area (Å²) in [5, 5.41) is 0. The number of likely N-dealkylation sites (N-methyl/N-ethyl adjacent to an activating group) is 1. The lowest BCUT2D eigenvalue weighted by molar-refractivity contribution is -0.137. The molecule has 6 heteroatoms. The van der Waals surface area contributed by atoms with Gasteiger partial charge in [0, 0.05) is 13.1 Å². The van der Waals surface area contributed by atoms with Gasteiger partial charge in [-0.05, 0) is 36.9 Å². The molecule has 0 radical (unpaired) electrons. The van der Waals surface area contributed by atoms with Gasteiger partial charge in [0.25, 0.3) is 0 Å². The van der Waals surface area contributed by atoms with Crippen LogP contribution in [0.25, 0.3) is 0 Å². The second-order valence-corrected chi connectivity index (χ2v) is 6.14. The molecular formula is C19H20F3NO2. The quantitative estimate of drug-likeness (QED) is 0.826.